The van der Waals surface area contributed by atoms with Gasteiger partial charge in [0.25, 0.3) is 0 Å². The molecule has 3 heterocycles. The number of hydrogen-bond acceptors (Lipinski definition) is 7. The highest BCUT2D eigenvalue weighted by molar-refractivity contribution is 5.87. The number of nitrogens with one attached hydrogen (secondary N) is 3. The van der Waals surface area contributed by atoms with Gasteiger partial charge in [-0.3, -0.25) is 9.59 Å². The molecule has 2 aromatic heterocycles. The Hall–Kier alpha value is -2.75. The third-order valence-corrected chi connectivity index (χ3v) is 6.81. The van der Waals surface area contributed by atoms with Crippen molar-refractivity contribution in [2.45, 2.75) is 109 Å². The molecule has 4 rings (SSSR count). The molecule has 0 aromatic carbocycles. The summed E-state index contributed by atoms with van der Waals surface area (Å²) in [4.78, 5) is 36.2. The first kappa shape index (κ1) is 25.3. The van der Waals surface area contributed by atoms with Crippen LogP contribution >= 0.6 is 0 Å². The zero-order valence-corrected chi connectivity index (χ0v) is 22.1. The normalized spacial score (nSPS) is 25.8. The summed E-state index contributed by atoms with van der Waals surface area (Å²) in [5.74, 6) is 0.499. The van der Waals surface area contributed by atoms with E-state index in [2.05, 4.69) is 67.5 Å². The van der Waals surface area contributed by atoms with Crippen molar-refractivity contribution >= 4 is 23.4 Å². The number of fused-ring (bicyclic) bond motifs is 1. The highest BCUT2D eigenvalue weighted by Gasteiger charge is 2.42. The lowest BCUT2D eigenvalue weighted by molar-refractivity contribution is -0.132. The highest BCUT2D eigenvalue weighted by Crippen LogP contribution is 2.30. The Morgan fingerprint density at radius 1 is 1.09 bits per heavy atom. The van der Waals surface area contributed by atoms with Gasteiger partial charge in [0, 0.05) is 36.5 Å². The monoisotopic (exact) mass is 484 g/mol. The number of aromatic nitrogens is 4. The van der Waals surface area contributed by atoms with Crippen molar-refractivity contribution in [3.05, 3.63) is 18.1 Å². The summed E-state index contributed by atoms with van der Waals surface area (Å²) in [6.07, 6.45) is 4.79. The van der Waals surface area contributed by atoms with Crippen LogP contribution in [0.15, 0.2) is 12.4 Å². The first-order valence-corrected chi connectivity index (χ1v) is 12.6. The lowest BCUT2D eigenvalue weighted by atomic mass is 9.84. The van der Waals surface area contributed by atoms with Crippen LogP contribution in [0.25, 0.3) is 5.65 Å². The highest BCUT2D eigenvalue weighted by atomic mass is 16.2. The number of amides is 2. The van der Waals surface area contributed by atoms with Crippen molar-refractivity contribution in [3.8, 4) is 0 Å². The third kappa shape index (κ3) is 5.74. The van der Waals surface area contributed by atoms with Gasteiger partial charge in [0.1, 0.15) is 12.4 Å². The fourth-order valence-electron chi connectivity index (χ4n) is 5.29. The van der Waals surface area contributed by atoms with Gasteiger partial charge in [0.2, 0.25) is 17.8 Å². The molecule has 2 fully saturated rings. The molecule has 0 bridgehead atoms. The van der Waals surface area contributed by atoms with E-state index in [0.29, 0.717) is 30.6 Å². The molecule has 2 aliphatic rings. The molecule has 0 spiro atoms. The van der Waals surface area contributed by atoms with E-state index >= 15 is 0 Å². The topological polar surface area (TPSA) is 117 Å². The number of carbonyl (C=O) groups is 2. The van der Waals surface area contributed by atoms with E-state index in [1.165, 1.54) is 6.33 Å². The quantitative estimate of drug-likeness (QED) is 0.596. The second kappa shape index (κ2) is 9.37. The second-order valence-corrected chi connectivity index (χ2v) is 12.0. The van der Waals surface area contributed by atoms with Gasteiger partial charge in [-0.15, -0.1) is 0 Å². The van der Waals surface area contributed by atoms with Crippen LogP contribution in [0.3, 0.4) is 0 Å². The van der Waals surface area contributed by atoms with Gasteiger partial charge in [0.05, 0.1) is 17.8 Å². The molecule has 1 aliphatic heterocycles. The van der Waals surface area contributed by atoms with Crippen LogP contribution < -0.4 is 16.0 Å². The summed E-state index contributed by atoms with van der Waals surface area (Å²) in [5, 5.41) is 14.8. The summed E-state index contributed by atoms with van der Waals surface area (Å²) in [7, 11) is 0. The van der Waals surface area contributed by atoms with Crippen LogP contribution in [-0.2, 0) is 15.0 Å². The zero-order valence-electron chi connectivity index (χ0n) is 22.1. The summed E-state index contributed by atoms with van der Waals surface area (Å²) >= 11 is 0. The standard InChI is InChI=1S/C25H40N8O2/c1-15(34)28-18-12-16(30-25(5,6)7)8-9-19(18)32-11-10-17(22(32)35)29-23-27-14-26-21-13-20(24(2,3)4)31-33(21)23/h13-14,16-19,30H,8-12H2,1-7H3,(H,28,34)(H,26,27,29)/t16-,17?,18-,19+/m1/s1. The summed E-state index contributed by atoms with van der Waals surface area (Å²) < 4.78 is 1.68. The molecule has 1 saturated heterocycles. The predicted molar refractivity (Wildman–Crippen MR) is 135 cm³/mol. The molecule has 10 heteroatoms. The maximum Gasteiger partial charge on any atom is 0.245 e. The minimum Gasteiger partial charge on any atom is -0.351 e. The SMILES string of the molecule is CC(=O)N[C@@H]1C[C@H](NC(C)(C)C)CC[C@@H]1N1CCC(Nc2ncnc3cc(C(C)(C)C)nn23)C1=O. The van der Waals surface area contributed by atoms with Crippen molar-refractivity contribution < 1.29 is 9.59 Å². The molecule has 10 nitrogen and oxygen atoms in total. The van der Waals surface area contributed by atoms with Crippen molar-refractivity contribution in [1.82, 2.24) is 35.1 Å². The minimum atomic E-state index is -0.390. The Kier molecular flexibility index (Phi) is 6.78. The molecular formula is C25H40N8O2. The van der Waals surface area contributed by atoms with Crippen molar-refractivity contribution in [1.29, 1.82) is 0 Å². The molecule has 1 aliphatic carbocycles. The van der Waals surface area contributed by atoms with Gasteiger partial charge in [0.15, 0.2) is 5.65 Å². The number of anilines is 1. The summed E-state index contributed by atoms with van der Waals surface area (Å²) in [6.45, 7) is 15.0. The molecule has 35 heavy (non-hydrogen) atoms. The van der Waals surface area contributed by atoms with Gasteiger partial charge in [-0.05, 0) is 46.5 Å². The Balaban J connectivity index is 1.49. The molecule has 2 amide bonds. The van der Waals surface area contributed by atoms with E-state index in [1.54, 1.807) is 11.4 Å². The molecule has 2 aromatic rings. The van der Waals surface area contributed by atoms with Crippen LogP contribution in [0.5, 0.6) is 0 Å². The van der Waals surface area contributed by atoms with Crippen LogP contribution in [0.2, 0.25) is 0 Å². The van der Waals surface area contributed by atoms with Crippen LogP contribution in [0.1, 0.15) is 79.8 Å². The van der Waals surface area contributed by atoms with Crippen molar-refractivity contribution in [2.24, 2.45) is 0 Å². The fourth-order valence-corrected chi connectivity index (χ4v) is 5.29. The number of nitrogens with zero attached hydrogens (tertiary/aromatic N) is 5. The molecular weight excluding hydrogens is 444 g/mol. The third-order valence-electron chi connectivity index (χ3n) is 6.81. The first-order chi connectivity index (χ1) is 16.3. The van der Waals surface area contributed by atoms with E-state index in [-0.39, 0.29) is 34.9 Å². The molecule has 4 atom stereocenters. The lowest BCUT2D eigenvalue weighted by Gasteiger charge is -2.43. The number of likely N-dealkylation sites (tertiary alicyclic amines) is 1. The fraction of sp³-hybridized carbons (Fsp3) is 0.720. The van der Waals surface area contributed by atoms with Gasteiger partial charge >= 0.3 is 0 Å². The number of hydrogen-bond donors (Lipinski definition) is 3. The van der Waals surface area contributed by atoms with Crippen LogP contribution in [0, 0.1) is 0 Å². The molecule has 1 unspecified atom stereocenters. The first-order valence-electron chi connectivity index (χ1n) is 12.6. The van der Waals surface area contributed by atoms with E-state index in [1.807, 2.05) is 11.0 Å². The summed E-state index contributed by atoms with van der Waals surface area (Å²) in [6, 6.07) is 1.78. The minimum absolute atomic E-state index is 0.00100. The van der Waals surface area contributed by atoms with Crippen LogP contribution in [-0.4, -0.2) is 72.5 Å². The van der Waals surface area contributed by atoms with Crippen LogP contribution in [0.4, 0.5) is 5.95 Å². The Bertz CT molecular complexity index is 1080. The maximum absolute atomic E-state index is 13.5. The smallest absolute Gasteiger partial charge is 0.245 e. The van der Waals surface area contributed by atoms with E-state index in [9.17, 15) is 9.59 Å². The van der Waals surface area contributed by atoms with Gasteiger partial charge in [-0.1, -0.05) is 20.8 Å². The van der Waals surface area contributed by atoms with E-state index in [0.717, 1.165) is 25.0 Å². The Morgan fingerprint density at radius 3 is 2.49 bits per heavy atom. The molecule has 192 valence electrons. The van der Waals surface area contributed by atoms with Crippen molar-refractivity contribution in [3.63, 3.8) is 0 Å². The Labute approximate surface area is 207 Å². The number of rotatable bonds is 5. The molecule has 3 N–H and O–H groups in total. The zero-order chi connectivity index (χ0) is 25.5. The van der Waals surface area contributed by atoms with Gasteiger partial charge in [-0.25, -0.2) is 9.97 Å². The average molecular weight is 485 g/mol. The lowest BCUT2D eigenvalue weighted by Crippen LogP contribution is -2.59. The Morgan fingerprint density at radius 2 is 1.83 bits per heavy atom. The maximum atomic E-state index is 13.5. The molecule has 0 radical (unpaired) electrons. The average Bonchev–Trinajstić information content (AvgIpc) is 3.32. The van der Waals surface area contributed by atoms with E-state index in [4.69, 9.17) is 5.10 Å². The second-order valence-electron chi connectivity index (χ2n) is 12.0. The van der Waals surface area contributed by atoms with E-state index < -0.39 is 6.04 Å². The van der Waals surface area contributed by atoms with Gasteiger partial charge < -0.3 is 20.9 Å². The van der Waals surface area contributed by atoms with Gasteiger partial charge in [-0.2, -0.15) is 9.61 Å². The summed E-state index contributed by atoms with van der Waals surface area (Å²) in [5.41, 5.74) is 1.49. The van der Waals surface area contributed by atoms with Crippen molar-refractivity contribution in [2.75, 3.05) is 11.9 Å². The largest absolute Gasteiger partial charge is 0.351 e. The molecule has 1 saturated carbocycles. The predicted octanol–water partition coefficient (Wildman–Crippen LogP) is 2.25. The number of carbonyl (C=O) groups excluding carboxylic acids is 2.